The molecule has 0 heterocycles. The molecule has 0 amide bonds. The number of nitrogens with two attached hydrogens (primary N) is 1. The Hall–Kier alpha value is -1.07. The number of halogens is 1. The van der Waals surface area contributed by atoms with Gasteiger partial charge >= 0.3 is 5.97 Å². The van der Waals surface area contributed by atoms with Crippen LogP contribution in [0.5, 0.6) is 0 Å². The maximum Gasteiger partial charge on any atom is 0.320 e. The van der Waals surface area contributed by atoms with Gasteiger partial charge < -0.3 is 10.8 Å². The smallest absolute Gasteiger partial charge is 0.320 e. The summed E-state index contributed by atoms with van der Waals surface area (Å²) < 4.78 is 12.8. The standard InChI is InChI=1S/C12H16FNO2S/c13-10-3-1-2-9(8-10)4-6-17-7-5-11(14)12(15)16/h1-3,8,11H,4-7,14H2,(H,15,16). The van der Waals surface area contributed by atoms with Crippen LogP contribution >= 0.6 is 11.8 Å². The Kier molecular flexibility index (Phi) is 6.00. The third kappa shape index (κ3) is 5.70. The molecule has 0 saturated heterocycles. The molecule has 1 unspecified atom stereocenters. The van der Waals surface area contributed by atoms with Crippen molar-refractivity contribution < 1.29 is 14.3 Å². The molecule has 0 aliphatic heterocycles. The molecule has 0 bridgehead atoms. The molecule has 0 aromatic heterocycles. The topological polar surface area (TPSA) is 63.3 Å². The lowest BCUT2D eigenvalue weighted by Crippen LogP contribution is -2.30. The Balaban J connectivity index is 2.14. The van der Waals surface area contributed by atoms with E-state index in [2.05, 4.69) is 0 Å². The second-order valence-corrected chi connectivity index (χ2v) is 4.95. The van der Waals surface area contributed by atoms with E-state index in [4.69, 9.17) is 10.8 Å². The van der Waals surface area contributed by atoms with Gasteiger partial charge in [0.1, 0.15) is 11.9 Å². The lowest BCUT2D eigenvalue weighted by molar-refractivity contribution is -0.138. The maximum absolute atomic E-state index is 12.8. The van der Waals surface area contributed by atoms with Crippen LogP contribution in [-0.4, -0.2) is 28.6 Å². The van der Waals surface area contributed by atoms with Crippen molar-refractivity contribution in [3.05, 3.63) is 35.6 Å². The van der Waals surface area contributed by atoms with E-state index >= 15 is 0 Å². The Morgan fingerprint density at radius 1 is 1.47 bits per heavy atom. The Morgan fingerprint density at radius 3 is 2.88 bits per heavy atom. The summed E-state index contributed by atoms with van der Waals surface area (Å²) in [7, 11) is 0. The van der Waals surface area contributed by atoms with Gasteiger partial charge in [-0.25, -0.2) is 4.39 Å². The van der Waals surface area contributed by atoms with Crippen LogP contribution in [0.3, 0.4) is 0 Å². The molecule has 17 heavy (non-hydrogen) atoms. The van der Waals surface area contributed by atoms with Gasteiger partial charge in [0.2, 0.25) is 0 Å². The molecule has 94 valence electrons. The Bertz CT molecular complexity index is 373. The minimum Gasteiger partial charge on any atom is -0.480 e. The molecule has 0 spiro atoms. The number of benzene rings is 1. The molecular weight excluding hydrogens is 241 g/mol. The molecule has 3 nitrogen and oxygen atoms in total. The highest BCUT2D eigenvalue weighted by Gasteiger charge is 2.10. The van der Waals surface area contributed by atoms with Crippen LogP contribution in [0.25, 0.3) is 0 Å². The first kappa shape index (κ1) is 14.0. The van der Waals surface area contributed by atoms with E-state index in [1.54, 1.807) is 17.8 Å². The monoisotopic (exact) mass is 257 g/mol. The van der Waals surface area contributed by atoms with Crippen LogP contribution in [0.2, 0.25) is 0 Å². The largest absolute Gasteiger partial charge is 0.480 e. The molecule has 1 rings (SSSR count). The van der Waals surface area contributed by atoms with Gasteiger partial charge in [-0.15, -0.1) is 0 Å². The molecule has 0 fully saturated rings. The average molecular weight is 257 g/mol. The van der Waals surface area contributed by atoms with Gasteiger partial charge in [-0.3, -0.25) is 4.79 Å². The second kappa shape index (κ2) is 7.29. The van der Waals surface area contributed by atoms with Crippen LogP contribution in [-0.2, 0) is 11.2 Å². The molecule has 0 aliphatic carbocycles. The Labute approximate surface area is 104 Å². The number of carboxylic acids is 1. The number of carbonyl (C=O) groups is 1. The third-order valence-electron chi connectivity index (χ3n) is 2.31. The van der Waals surface area contributed by atoms with Gasteiger partial charge in [0.15, 0.2) is 0 Å². The molecule has 0 saturated carbocycles. The summed E-state index contributed by atoms with van der Waals surface area (Å²) in [4.78, 5) is 10.4. The summed E-state index contributed by atoms with van der Waals surface area (Å²) in [5.74, 6) is 0.370. The van der Waals surface area contributed by atoms with Crippen LogP contribution in [0.1, 0.15) is 12.0 Å². The average Bonchev–Trinajstić information content (AvgIpc) is 2.28. The highest BCUT2D eigenvalue weighted by Crippen LogP contribution is 2.10. The third-order valence-corrected chi connectivity index (χ3v) is 3.33. The van der Waals surface area contributed by atoms with Crippen molar-refractivity contribution in [1.82, 2.24) is 0 Å². The van der Waals surface area contributed by atoms with Crippen molar-refractivity contribution in [2.24, 2.45) is 5.73 Å². The van der Waals surface area contributed by atoms with Crippen molar-refractivity contribution in [2.75, 3.05) is 11.5 Å². The molecule has 1 atom stereocenters. The van der Waals surface area contributed by atoms with Crippen molar-refractivity contribution in [1.29, 1.82) is 0 Å². The van der Waals surface area contributed by atoms with Gasteiger partial charge in [-0.2, -0.15) is 11.8 Å². The van der Waals surface area contributed by atoms with E-state index in [0.29, 0.717) is 12.2 Å². The van der Waals surface area contributed by atoms with Crippen molar-refractivity contribution in [2.45, 2.75) is 18.9 Å². The van der Waals surface area contributed by atoms with Crippen molar-refractivity contribution >= 4 is 17.7 Å². The fraction of sp³-hybridized carbons (Fsp3) is 0.417. The summed E-state index contributed by atoms with van der Waals surface area (Å²) in [6.45, 7) is 0. The number of aliphatic carboxylic acids is 1. The molecule has 3 N–H and O–H groups in total. The highest BCUT2D eigenvalue weighted by atomic mass is 32.2. The molecule has 1 aromatic carbocycles. The van der Waals surface area contributed by atoms with Gasteiger partial charge in [-0.1, -0.05) is 12.1 Å². The fourth-order valence-corrected chi connectivity index (χ4v) is 2.32. The first-order valence-electron chi connectivity index (χ1n) is 5.40. The zero-order chi connectivity index (χ0) is 12.7. The van der Waals surface area contributed by atoms with Gasteiger partial charge in [0, 0.05) is 0 Å². The first-order chi connectivity index (χ1) is 8.09. The quantitative estimate of drug-likeness (QED) is 0.732. The number of thioether (sulfide) groups is 1. The first-order valence-corrected chi connectivity index (χ1v) is 6.55. The number of carboxylic acid groups (broad SMARTS) is 1. The second-order valence-electron chi connectivity index (χ2n) is 3.73. The van der Waals surface area contributed by atoms with Crippen molar-refractivity contribution in [3.8, 4) is 0 Å². The summed E-state index contributed by atoms with van der Waals surface area (Å²) in [5, 5.41) is 8.57. The zero-order valence-corrected chi connectivity index (χ0v) is 10.3. The van der Waals surface area contributed by atoms with Crippen LogP contribution in [0, 0.1) is 5.82 Å². The van der Waals surface area contributed by atoms with E-state index in [1.807, 2.05) is 6.07 Å². The van der Waals surface area contributed by atoms with Gasteiger partial charge in [0.05, 0.1) is 0 Å². The predicted molar refractivity (Wildman–Crippen MR) is 67.7 cm³/mol. The number of rotatable bonds is 7. The number of hydrogen-bond acceptors (Lipinski definition) is 3. The Morgan fingerprint density at radius 2 is 2.24 bits per heavy atom. The van der Waals surface area contributed by atoms with E-state index in [-0.39, 0.29) is 5.82 Å². The van der Waals surface area contributed by atoms with Crippen LogP contribution in [0.15, 0.2) is 24.3 Å². The predicted octanol–water partition coefficient (Wildman–Crippen LogP) is 1.90. The van der Waals surface area contributed by atoms with E-state index < -0.39 is 12.0 Å². The minimum atomic E-state index is -0.962. The van der Waals surface area contributed by atoms with E-state index in [9.17, 15) is 9.18 Å². The highest BCUT2D eigenvalue weighted by molar-refractivity contribution is 7.99. The maximum atomic E-state index is 12.8. The molecule has 1 aromatic rings. The van der Waals surface area contributed by atoms with Gasteiger partial charge in [0.25, 0.3) is 0 Å². The van der Waals surface area contributed by atoms with Crippen LogP contribution < -0.4 is 5.73 Å². The normalized spacial score (nSPS) is 12.4. The van der Waals surface area contributed by atoms with Crippen LogP contribution in [0.4, 0.5) is 4.39 Å². The van der Waals surface area contributed by atoms with Gasteiger partial charge in [-0.05, 0) is 42.0 Å². The number of hydrogen-bond donors (Lipinski definition) is 2. The summed E-state index contributed by atoms with van der Waals surface area (Å²) in [6, 6.07) is 5.73. The van der Waals surface area contributed by atoms with E-state index in [0.717, 1.165) is 17.7 Å². The molecule has 5 heteroatoms. The van der Waals surface area contributed by atoms with E-state index in [1.165, 1.54) is 12.1 Å². The lowest BCUT2D eigenvalue weighted by atomic mass is 10.2. The summed E-state index contributed by atoms with van der Waals surface area (Å²) >= 11 is 1.63. The van der Waals surface area contributed by atoms with Crippen molar-refractivity contribution in [3.63, 3.8) is 0 Å². The number of aryl methyl sites for hydroxylation is 1. The molecule has 0 radical (unpaired) electrons. The molecule has 0 aliphatic rings. The minimum absolute atomic E-state index is 0.222. The fourth-order valence-electron chi connectivity index (χ4n) is 1.32. The lowest BCUT2D eigenvalue weighted by Gasteiger charge is -2.05. The summed E-state index contributed by atoms with van der Waals surface area (Å²) in [6.07, 6.45) is 1.24. The zero-order valence-electron chi connectivity index (χ0n) is 9.43. The SMILES string of the molecule is NC(CCSCCc1cccc(F)c1)C(=O)O. The summed E-state index contributed by atoms with van der Waals surface area (Å²) in [5.41, 5.74) is 6.33. The molecular formula is C12H16FNO2S.